The van der Waals surface area contributed by atoms with Crippen LogP contribution in [-0.4, -0.2) is 40.2 Å². The van der Waals surface area contributed by atoms with E-state index in [-0.39, 0.29) is 23.7 Å². The number of nitro groups is 1. The van der Waals surface area contributed by atoms with Crippen molar-refractivity contribution in [1.82, 2.24) is 9.88 Å². The summed E-state index contributed by atoms with van der Waals surface area (Å²) in [7, 11) is 1.50. The topological polar surface area (TPSA) is 108 Å². The molecule has 0 bridgehead atoms. The van der Waals surface area contributed by atoms with Crippen LogP contribution in [0.1, 0.15) is 10.4 Å². The van der Waals surface area contributed by atoms with Crippen LogP contribution in [0.3, 0.4) is 0 Å². The minimum absolute atomic E-state index is 0.106. The van der Waals surface area contributed by atoms with Gasteiger partial charge in [0.1, 0.15) is 0 Å². The van der Waals surface area contributed by atoms with Crippen LogP contribution in [0, 0.1) is 10.1 Å². The van der Waals surface area contributed by atoms with Gasteiger partial charge in [-0.1, -0.05) is 12.1 Å². The van der Waals surface area contributed by atoms with E-state index in [4.69, 9.17) is 0 Å². The minimum atomic E-state index is -0.518. The molecular formula is C18H15BrN4O4. The summed E-state index contributed by atoms with van der Waals surface area (Å²) >= 11 is 3.34. The number of nitro benzene ring substituents is 1. The summed E-state index contributed by atoms with van der Waals surface area (Å²) in [4.78, 5) is 39.6. The van der Waals surface area contributed by atoms with E-state index in [1.54, 1.807) is 24.3 Å². The molecule has 0 radical (unpaired) electrons. The van der Waals surface area contributed by atoms with E-state index in [0.29, 0.717) is 16.6 Å². The lowest BCUT2D eigenvalue weighted by atomic mass is 10.1. The molecule has 0 fully saturated rings. The molecule has 1 heterocycles. The van der Waals surface area contributed by atoms with Crippen molar-refractivity contribution in [2.24, 2.45) is 0 Å². The number of para-hydroxylation sites is 1. The Bertz CT molecular complexity index is 1050. The largest absolute Gasteiger partial charge is 0.360 e. The van der Waals surface area contributed by atoms with Crippen LogP contribution in [0.15, 0.2) is 53.1 Å². The first-order valence-electron chi connectivity index (χ1n) is 7.92. The van der Waals surface area contributed by atoms with Gasteiger partial charge in [-0.15, -0.1) is 0 Å². The highest BCUT2D eigenvalue weighted by Crippen LogP contribution is 2.25. The van der Waals surface area contributed by atoms with Crippen molar-refractivity contribution < 1.29 is 14.5 Å². The van der Waals surface area contributed by atoms with Gasteiger partial charge in [-0.25, -0.2) is 0 Å². The lowest BCUT2D eigenvalue weighted by Gasteiger charge is -2.17. The molecule has 0 saturated heterocycles. The molecule has 2 N–H and O–H groups in total. The second-order valence-electron chi connectivity index (χ2n) is 5.88. The molecule has 0 saturated carbocycles. The highest BCUT2D eigenvalue weighted by atomic mass is 79.9. The third-order valence-electron chi connectivity index (χ3n) is 3.98. The van der Waals surface area contributed by atoms with Crippen molar-refractivity contribution in [2.45, 2.75) is 0 Å². The van der Waals surface area contributed by atoms with Crippen molar-refractivity contribution in [3.05, 3.63) is 68.8 Å². The zero-order valence-corrected chi connectivity index (χ0v) is 15.8. The van der Waals surface area contributed by atoms with E-state index in [1.165, 1.54) is 30.3 Å². The summed E-state index contributed by atoms with van der Waals surface area (Å²) in [6, 6.07) is 11.4. The number of carbonyl (C=O) groups is 2. The third-order valence-corrected chi connectivity index (χ3v) is 4.67. The third kappa shape index (κ3) is 3.98. The average molecular weight is 431 g/mol. The van der Waals surface area contributed by atoms with Crippen LogP contribution >= 0.6 is 15.9 Å². The van der Waals surface area contributed by atoms with Crippen molar-refractivity contribution in [3.8, 4) is 0 Å². The molecule has 1 aromatic heterocycles. The summed E-state index contributed by atoms with van der Waals surface area (Å²) in [5.74, 6) is -0.771. The summed E-state index contributed by atoms with van der Waals surface area (Å²) in [6.07, 6.45) is 1.49. The molecule has 3 aromatic rings. The highest BCUT2D eigenvalue weighted by molar-refractivity contribution is 9.10. The van der Waals surface area contributed by atoms with Gasteiger partial charge in [-0.05, 0) is 34.1 Å². The number of nitrogens with zero attached hydrogens (tertiary/aromatic N) is 2. The Morgan fingerprint density at radius 1 is 1.26 bits per heavy atom. The maximum absolute atomic E-state index is 12.7. The van der Waals surface area contributed by atoms with Gasteiger partial charge < -0.3 is 15.2 Å². The first-order chi connectivity index (χ1) is 12.9. The number of aromatic amines is 1. The van der Waals surface area contributed by atoms with E-state index in [1.807, 2.05) is 6.07 Å². The summed E-state index contributed by atoms with van der Waals surface area (Å²) in [5, 5.41) is 14.1. The quantitative estimate of drug-likeness (QED) is 0.476. The number of hydrogen-bond donors (Lipinski definition) is 2. The van der Waals surface area contributed by atoms with Crippen molar-refractivity contribution in [3.63, 3.8) is 0 Å². The van der Waals surface area contributed by atoms with E-state index in [2.05, 4.69) is 26.2 Å². The van der Waals surface area contributed by atoms with E-state index < -0.39 is 10.8 Å². The van der Waals surface area contributed by atoms with Gasteiger partial charge in [-0.2, -0.15) is 0 Å². The number of fused-ring (bicyclic) bond motifs is 1. The Morgan fingerprint density at radius 2 is 2.00 bits per heavy atom. The number of benzene rings is 2. The summed E-state index contributed by atoms with van der Waals surface area (Å²) < 4.78 is 0.733. The summed E-state index contributed by atoms with van der Waals surface area (Å²) in [5.41, 5.74) is 1.37. The zero-order valence-electron chi connectivity index (χ0n) is 14.2. The maximum atomic E-state index is 12.7. The number of halogens is 1. The molecule has 0 spiro atoms. The fourth-order valence-electron chi connectivity index (χ4n) is 2.64. The van der Waals surface area contributed by atoms with Gasteiger partial charge in [0.05, 0.1) is 22.7 Å². The smallest absolute Gasteiger partial charge is 0.270 e. The normalized spacial score (nSPS) is 10.6. The number of nitrogens with one attached hydrogen (secondary N) is 2. The number of aromatic nitrogens is 1. The Morgan fingerprint density at radius 3 is 2.70 bits per heavy atom. The van der Waals surface area contributed by atoms with Gasteiger partial charge in [-0.3, -0.25) is 19.7 Å². The number of likely N-dealkylation sites (N-methyl/N-ethyl adjacent to an activating group) is 1. The molecular weight excluding hydrogens is 416 g/mol. The highest BCUT2D eigenvalue weighted by Gasteiger charge is 2.20. The molecule has 138 valence electrons. The molecule has 0 unspecified atom stereocenters. The molecule has 3 rings (SSSR count). The van der Waals surface area contributed by atoms with Crippen molar-refractivity contribution >= 4 is 50.0 Å². The van der Waals surface area contributed by atoms with Crippen LogP contribution in [-0.2, 0) is 4.79 Å². The van der Waals surface area contributed by atoms with Crippen LogP contribution in [0.4, 0.5) is 11.4 Å². The van der Waals surface area contributed by atoms with E-state index in [9.17, 15) is 19.7 Å². The second kappa shape index (κ2) is 7.58. The van der Waals surface area contributed by atoms with Gasteiger partial charge >= 0.3 is 0 Å². The van der Waals surface area contributed by atoms with Gasteiger partial charge in [0.25, 0.3) is 11.6 Å². The Hall–Kier alpha value is -3.20. The number of hydrogen-bond acceptors (Lipinski definition) is 4. The number of rotatable bonds is 5. The summed E-state index contributed by atoms with van der Waals surface area (Å²) in [6.45, 7) is -0.165. The fraction of sp³-hybridized carbons (Fsp3) is 0.111. The zero-order chi connectivity index (χ0) is 19.6. The first kappa shape index (κ1) is 18.6. The maximum Gasteiger partial charge on any atom is 0.270 e. The second-order valence-corrected chi connectivity index (χ2v) is 6.73. The Kier molecular flexibility index (Phi) is 5.22. The predicted octanol–water partition coefficient (Wildman–Crippen LogP) is 3.55. The lowest BCUT2D eigenvalue weighted by molar-refractivity contribution is -0.384. The Labute approximate surface area is 162 Å². The molecule has 0 aliphatic rings. The SMILES string of the molecule is CN(CC(=O)Nc1ccccc1Br)C(=O)c1c[nH]c2ccc([N+](=O)[O-])cc12. The van der Waals surface area contributed by atoms with Crippen molar-refractivity contribution in [2.75, 3.05) is 18.9 Å². The molecule has 0 aliphatic carbocycles. The standard InChI is InChI=1S/C18H15BrN4O4/c1-22(10-17(24)21-16-5-3-2-4-14(16)19)18(25)13-9-20-15-7-6-11(23(26)27)8-12(13)15/h2-9,20H,10H2,1H3,(H,21,24). The predicted molar refractivity (Wildman–Crippen MR) is 105 cm³/mol. The van der Waals surface area contributed by atoms with Crippen LogP contribution in [0.5, 0.6) is 0 Å². The van der Waals surface area contributed by atoms with Crippen molar-refractivity contribution in [1.29, 1.82) is 0 Å². The number of anilines is 1. The van der Waals surface area contributed by atoms with Crippen LogP contribution in [0.2, 0.25) is 0 Å². The van der Waals surface area contributed by atoms with E-state index in [0.717, 1.165) is 4.47 Å². The lowest BCUT2D eigenvalue weighted by Crippen LogP contribution is -2.34. The Balaban J connectivity index is 1.76. The molecule has 2 amide bonds. The van der Waals surface area contributed by atoms with Crippen LogP contribution in [0.25, 0.3) is 10.9 Å². The number of amides is 2. The molecule has 27 heavy (non-hydrogen) atoms. The first-order valence-corrected chi connectivity index (χ1v) is 8.71. The van der Waals surface area contributed by atoms with Gasteiger partial charge in [0.2, 0.25) is 5.91 Å². The van der Waals surface area contributed by atoms with Crippen LogP contribution < -0.4 is 5.32 Å². The number of carbonyl (C=O) groups excluding carboxylic acids is 2. The van der Waals surface area contributed by atoms with Gasteiger partial charge in [0.15, 0.2) is 0 Å². The number of non-ortho nitro benzene ring substituents is 1. The molecule has 2 aromatic carbocycles. The molecule has 0 atom stereocenters. The fourth-order valence-corrected chi connectivity index (χ4v) is 3.03. The molecule has 0 aliphatic heterocycles. The number of H-pyrrole nitrogens is 1. The van der Waals surface area contributed by atoms with Gasteiger partial charge in [0, 0.05) is 40.8 Å². The monoisotopic (exact) mass is 430 g/mol. The van der Waals surface area contributed by atoms with E-state index >= 15 is 0 Å². The average Bonchev–Trinajstić information content (AvgIpc) is 3.06. The minimum Gasteiger partial charge on any atom is -0.360 e. The molecule has 8 nitrogen and oxygen atoms in total. The molecule has 9 heteroatoms.